The minimum Gasteiger partial charge on any atom is -0.481 e. The van der Waals surface area contributed by atoms with Gasteiger partial charge in [-0.1, -0.05) is 32.9 Å². The first kappa shape index (κ1) is 19.5. The Bertz CT molecular complexity index is 673. The van der Waals surface area contributed by atoms with E-state index in [1.165, 1.54) is 11.3 Å². The average Bonchev–Trinajstić information content (AvgIpc) is 3.12. The summed E-state index contributed by atoms with van der Waals surface area (Å²) < 4.78 is 0. The number of hydrogen-bond donors (Lipinski definition) is 2. The van der Waals surface area contributed by atoms with Crippen LogP contribution in [0, 0.1) is 5.92 Å². The Morgan fingerprint density at radius 3 is 2.19 bits per heavy atom. The molecule has 0 saturated carbocycles. The third kappa shape index (κ3) is 4.73. The Morgan fingerprint density at radius 2 is 1.67 bits per heavy atom. The van der Waals surface area contributed by atoms with E-state index >= 15 is 0 Å². The van der Waals surface area contributed by atoms with Gasteiger partial charge < -0.3 is 20.2 Å². The molecule has 0 radical (unpaired) electrons. The van der Waals surface area contributed by atoms with Crippen molar-refractivity contribution in [1.82, 2.24) is 10.2 Å². The predicted octanol–water partition coefficient (Wildman–Crippen LogP) is 3.07. The molecule has 2 amide bonds. The van der Waals surface area contributed by atoms with Crippen LogP contribution < -0.4 is 10.2 Å². The summed E-state index contributed by atoms with van der Waals surface area (Å²) in [6.45, 7) is 9.33. The minimum atomic E-state index is -0.809. The van der Waals surface area contributed by atoms with Crippen molar-refractivity contribution in [2.45, 2.75) is 51.5 Å². The summed E-state index contributed by atoms with van der Waals surface area (Å²) in [4.78, 5) is 27.4. The van der Waals surface area contributed by atoms with Crippen molar-refractivity contribution in [3.05, 3.63) is 29.8 Å². The number of carboxylic acid groups (broad SMARTS) is 1. The molecular formula is C21H31N3O3. The topological polar surface area (TPSA) is 72.9 Å². The SMILES string of the molecule is CC(C)(C)c1ccc(N2CCC(NC(=O)N3CCC(C(=O)O)C3)CC2)cc1. The molecule has 3 rings (SSSR count). The van der Waals surface area contributed by atoms with Crippen molar-refractivity contribution in [2.24, 2.45) is 5.92 Å². The van der Waals surface area contributed by atoms with Gasteiger partial charge in [0.1, 0.15) is 0 Å². The van der Waals surface area contributed by atoms with Gasteiger partial charge in [0.25, 0.3) is 0 Å². The van der Waals surface area contributed by atoms with Crippen LogP contribution in [0.15, 0.2) is 24.3 Å². The van der Waals surface area contributed by atoms with Gasteiger partial charge in [0, 0.05) is 37.9 Å². The van der Waals surface area contributed by atoms with E-state index in [-0.39, 0.29) is 17.5 Å². The summed E-state index contributed by atoms with van der Waals surface area (Å²) in [6.07, 6.45) is 2.36. The predicted molar refractivity (Wildman–Crippen MR) is 106 cm³/mol. The zero-order valence-corrected chi connectivity index (χ0v) is 16.6. The van der Waals surface area contributed by atoms with Crippen LogP contribution in [0.25, 0.3) is 0 Å². The van der Waals surface area contributed by atoms with E-state index in [1.807, 2.05) is 0 Å². The standard InChI is InChI=1S/C21H31N3O3/c1-21(2,3)16-4-6-18(7-5-16)23-12-9-17(10-13-23)22-20(27)24-11-8-15(14-24)19(25)26/h4-7,15,17H,8-14H2,1-3H3,(H,22,27)(H,25,26). The number of amides is 2. The van der Waals surface area contributed by atoms with Gasteiger partial charge in [-0.3, -0.25) is 4.79 Å². The molecule has 1 aromatic carbocycles. The summed E-state index contributed by atoms with van der Waals surface area (Å²) in [6, 6.07) is 8.83. The number of rotatable bonds is 3. The number of anilines is 1. The molecule has 0 aliphatic carbocycles. The van der Waals surface area contributed by atoms with Crippen molar-refractivity contribution < 1.29 is 14.7 Å². The van der Waals surface area contributed by atoms with Crippen LogP contribution in [0.5, 0.6) is 0 Å². The lowest BCUT2D eigenvalue weighted by Gasteiger charge is -2.35. The summed E-state index contributed by atoms with van der Waals surface area (Å²) in [5.41, 5.74) is 2.72. The second-order valence-electron chi connectivity index (χ2n) is 8.78. The highest BCUT2D eigenvalue weighted by Gasteiger charge is 2.32. The molecule has 0 bridgehead atoms. The number of hydrogen-bond acceptors (Lipinski definition) is 3. The quantitative estimate of drug-likeness (QED) is 0.854. The van der Waals surface area contributed by atoms with E-state index < -0.39 is 11.9 Å². The van der Waals surface area contributed by atoms with E-state index in [1.54, 1.807) is 4.90 Å². The van der Waals surface area contributed by atoms with Gasteiger partial charge in [-0.15, -0.1) is 0 Å². The van der Waals surface area contributed by atoms with E-state index in [0.29, 0.717) is 19.5 Å². The second-order valence-corrected chi connectivity index (χ2v) is 8.78. The number of nitrogens with zero attached hydrogens (tertiary/aromatic N) is 2. The third-order valence-corrected chi connectivity index (χ3v) is 5.75. The van der Waals surface area contributed by atoms with Crippen molar-refractivity contribution in [1.29, 1.82) is 0 Å². The lowest BCUT2D eigenvalue weighted by atomic mass is 9.87. The molecule has 2 aliphatic heterocycles. The normalized spacial score (nSPS) is 21.4. The van der Waals surface area contributed by atoms with Crippen molar-refractivity contribution in [2.75, 3.05) is 31.1 Å². The van der Waals surface area contributed by atoms with Gasteiger partial charge in [-0.05, 0) is 42.4 Å². The number of carboxylic acids is 1. The number of aliphatic carboxylic acids is 1. The van der Waals surface area contributed by atoms with Gasteiger partial charge in [0.15, 0.2) is 0 Å². The summed E-state index contributed by atoms with van der Waals surface area (Å²) in [7, 11) is 0. The lowest BCUT2D eigenvalue weighted by molar-refractivity contribution is -0.141. The zero-order valence-electron chi connectivity index (χ0n) is 16.6. The Labute approximate surface area is 161 Å². The molecule has 1 aromatic rings. The first-order valence-electron chi connectivity index (χ1n) is 9.88. The first-order valence-corrected chi connectivity index (χ1v) is 9.88. The van der Waals surface area contributed by atoms with Gasteiger partial charge >= 0.3 is 12.0 Å². The first-order chi connectivity index (χ1) is 12.7. The fraction of sp³-hybridized carbons (Fsp3) is 0.619. The Hall–Kier alpha value is -2.24. The number of carbonyl (C=O) groups is 2. The van der Waals surface area contributed by atoms with Crippen LogP contribution >= 0.6 is 0 Å². The molecule has 1 unspecified atom stereocenters. The monoisotopic (exact) mass is 373 g/mol. The van der Waals surface area contributed by atoms with Crippen LogP contribution in [-0.4, -0.2) is 54.2 Å². The molecule has 148 valence electrons. The molecule has 2 heterocycles. The maximum atomic E-state index is 12.4. The van der Waals surface area contributed by atoms with Crippen LogP contribution in [0.4, 0.5) is 10.5 Å². The molecule has 1 atom stereocenters. The number of likely N-dealkylation sites (tertiary alicyclic amines) is 1. The van der Waals surface area contributed by atoms with Crippen molar-refractivity contribution in [3.63, 3.8) is 0 Å². The van der Waals surface area contributed by atoms with Gasteiger partial charge in [-0.2, -0.15) is 0 Å². The van der Waals surface area contributed by atoms with Gasteiger partial charge in [0.2, 0.25) is 0 Å². The van der Waals surface area contributed by atoms with Crippen LogP contribution in [-0.2, 0) is 10.2 Å². The summed E-state index contributed by atoms with van der Waals surface area (Å²) in [5, 5.41) is 12.2. The molecule has 2 N–H and O–H groups in total. The molecule has 2 fully saturated rings. The molecule has 2 saturated heterocycles. The molecule has 0 spiro atoms. The third-order valence-electron chi connectivity index (χ3n) is 5.75. The lowest BCUT2D eigenvalue weighted by Crippen LogP contribution is -2.49. The molecule has 2 aliphatic rings. The highest BCUT2D eigenvalue weighted by atomic mass is 16.4. The number of carbonyl (C=O) groups excluding carboxylic acids is 1. The molecule has 6 heteroatoms. The van der Waals surface area contributed by atoms with Crippen molar-refractivity contribution >= 4 is 17.7 Å². The summed E-state index contributed by atoms with van der Waals surface area (Å²) in [5.74, 6) is -1.23. The maximum absolute atomic E-state index is 12.4. The smallest absolute Gasteiger partial charge is 0.317 e. The van der Waals surface area contributed by atoms with E-state index in [4.69, 9.17) is 5.11 Å². The second kappa shape index (κ2) is 7.79. The average molecular weight is 373 g/mol. The van der Waals surface area contributed by atoms with E-state index in [2.05, 4.69) is 55.3 Å². The highest BCUT2D eigenvalue weighted by Crippen LogP contribution is 2.26. The van der Waals surface area contributed by atoms with Gasteiger partial charge in [0.05, 0.1) is 5.92 Å². The summed E-state index contributed by atoms with van der Waals surface area (Å²) >= 11 is 0. The Balaban J connectivity index is 1.48. The van der Waals surface area contributed by atoms with E-state index in [0.717, 1.165) is 25.9 Å². The largest absolute Gasteiger partial charge is 0.481 e. The molecule has 27 heavy (non-hydrogen) atoms. The highest BCUT2D eigenvalue weighted by molar-refractivity contribution is 5.77. The minimum absolute atomic E-state index is 0.119. The number of benzene rings is 1. The van der Waals surface area contributed by atoms with Gasteiger partial charge in [-0.25, -0.2) is 4.79 Å². The fourth-order valence-corrected chi connectivity index (χ4v) is 3.87. The van der Waals surface area contributed by atoms with Crippen LogP contribution in [0.3, 0.4) is 0 Å². The number of urea groups is 1. The number of nitrogens with one attached hydrogen (secondary N) is 1. The van der Waals surface area contributed by atoms with E-state index in [9.17, 15) is 9.59 Å². The Kier molecular flexibility index (Phi) is 5.63. The molecule has 6 nitrogen and oxygen atoms in total. The molecular weight excluding hydrogens is 342 g/mol. The molecule has 0 aromatic heterocycles. The Morgan fingerprint density at radius 1 is 1.04 bits per heavy atom. The van der Waals surface area contributed by atoms with Crippen LogP contribution in [0.2, 0.25) is 0 Å². The van der Waals surface area contributed by atoms with Crippen LogP contribution in [0.1, 0.15) is 45.6 Å². The van der Waals surface area contributed by atoms with Crippen molar-refractivity contribution in [3.8, 4) is 0 Å². The zero-order chi connectivity index (χ0) is 19.6. The maximum Gasteiger partial charge on any atom is 0.317 e. The fourth-order valence-electron chi connectivity index (χ4n) is 3.87. The number of piperidine rings is 1.